The van der Waals surface area contributed by atoms with E-state index in [0.29, 0.717) is 37.1 Å². The van der Waals surface area contributed by atoms with Gasteiger partial charge in [-0.2, -0.15) is 0 Å². The van der Waals surface area contributed by atoms with Crippen molar-refractivity contribution in [1.82, 2.24) is 0 Å². The van der Waals surface area contributed by atoms with Gasteiger partial charge in [-0.05, 0) is 98.5 Å². The van der Waals surface area contributed by atoms with Gasteiger partial charge in [0.25, 0.3) is 0 Å². The Bertz CT molecular complexity index is 1000. The van der Waals surface area contributed by atoms with Crippen molar-refractivity contribution in [1.29, 1.82) is 0 Å². The number of fused-ring (bicyclic) bond motifs is 5. The minimum Gasteiger partial charge on any atom is -0.388 e. The summed E-state index contributed by atoms with van der Waals surface area (Å²) < 4.78 is 12.4. The number of hydrogen-bond acceptors (Lipinski definition) is 5. The van der Waals surface area contributed by atoms with Crippen molar-refractivity contribution in [3.8, 4) is 0 Å². The zero-order valence-electron chi connectivity index (χ0n) is 24.4. The predicted molar refractivity (Wildman–Crippen MR) is 145 cm³/mol. The average molecular weight is 515 g/mol. The SMILES string of the molecule is CCO[C@H]1O[C@@H]([C@H](O)C(C)(C)O)C[C@H]1[C@@H]1CC[C@]2(C)C3=CC[C@H]4C(C)(C)C(=O)CC[C@]4(C)C3=CC[C@@]12C. The Balaban J connectivity index is 1.48. The molecule has 0 unspecified atom stereocenters. The first-order valence-corrected chi connectivity index (χ1v) is 14.7. The molecule has 1 heterocycles. The van der Waals surface area contributed by atoms with E-state index in [1.807, 2.05) is 6.92 Å². The summed E-state index contributed by atoms with van der Waals surface area (Å²) in [6.45, 7) is 17.6. The summed E-state index contributed by atoms with van der Waals surface area (Å²) in [4.78, 5) is 12.9. The maximum atomic E-state index is 12.9. The van der Waals surface area contributed by atoms with E-state index >= 15 is 0 Å². The fourth-order valence-corrected chi connectivity index (χ4v) is 9.58. The second-order valence-corrected chi connectivity index (χ2v) is 14.7. The van der Waals surface area contributed by atoms with Gasteiger partial charge in [0, 0.05) is 24.4 Å². The molecule has 1 saturated heterocycles. The minimum absolute atomic E-state index is 0.0517. The summed E-state index contributed by atoms with van der Waals surface area (Å²) >= 11 is 0. The smallest absolute Gasteiger partial charge is 0.161 e. The van der Waals surface area contributed by atoms with E-state index in [0.717, 1.165) is 32.1 Å². The van der Waals surface area contributed by atoms with Gasteiger partial charge in [0.2, 0.25) is 0 Å². The number of hydrogen-bond donors (Lipinski definition) is 2. The second-order valence-electron chi connectivity index (χ2n) is 14.7. The largest absolute Gasteiger partial charge is 0.388 e. The van der Waals surface area contributed by atoms with Gasteiger partial charge in [0.1, 0.15) is 11.9 Å². The lowest BCUT2D eigenvalue weighted by Gasteiger charge is -2.59. The third-order valence-corrected chi connectivity index (χ3v) is 12.1. The molecule has 4 aliphatic carbocycles. The second kappa shape index (κ2) is 8.74. The van der Waals surface area contributed by atoms with E-state index < -0.39 is 17.8 Å². The minimum atomic E-state index is -1.22. The summed E-state index contributed by atoms with van der Waals surface area (Å²) in [5, 5.41) is 21.3. The number of ketones is 1. The fourth-order valence-electron chi connectivity index (χ4n) is 9.58. The van der Waals surface area contributed by atoms with Gasteiger partial charge < -0.3 is 19.7 Å². The molecule has 3 fully saturated rings. The number of rotatable bonds is 5. The van der Waals surface area contributed by atoms with Crippen molar-refractivity contribution in [2.75, 3.05) is 6.61 Å². The molecule has 208 valence electrons. The summed E-state index contributed by atoms with van der Waals surface area (Å²) in [7, 11) is 0. The van der Waals surface area contributed by atoms with Gasteiger partial charge in [-0.1, -0.05) is 46.8 Å². The van der Waals surface area contributed by atoms with Crippen LogP contribution in [-0.2, 0) is 14.3 Å². The van der Waals surface area contributed by atoms with Crippen molar-refractivity contribution in [3.63, 3.8) is 0 Å². The first-order valence-electron chi connectivity index (χ1n) is 14.7. The Kier molecular flexibility index (Phi) is 6.51. The van der Waals surface area contributed by atoms with E-state index in [2.05, 4.69) is 46.8 Å². The third-order valence-electron chi connectivity index (χ3n) is 12.1. The van der Waals surface area contributed by atoms with Crippen LogP contribution >= 0.6 is 0 Å². The topological polar surface area (TPSA) is 76.0 Å². The number of aliphatic hydroxyl groups excluding tert-OH is 1. The molecule has 9 atom stereocenters. The van der Waals surface area contributed by atoms with Crippen LogP contribution in [0.25, 0.3) is 0 Å². The summed E-state index contributed by atoms with van der Waals surface area (Å²) in [5.74, 6) is 1.37. The highest BCUT2D eigenvalue weighted by Gasteiger charge is 2.65. The maximum Gasteiger partial charge on any atom is 0.161 e. The molecule has 0 radical (unpaired) electrons. The molecule has 0 aromatic heterocycles. The van der Waals surface area contributed by atoms with Crippen molar-refractivity contribution in [3.05, 3.63) is 23.3 Å². The first kappa shape index (κ1) is 27.6. The third kappa shape index (κ3) is 3.81. The molecule has 0 aromatic carbocycles. The summed E-state index contributed by atoms with van der Waals surface area (Å²) in [6.07, 6.45) is 9.90. The van der Waals surface area contributed by atoms with E-state index in [4.69, 9.17) is 9.47 Å². The normalized spacial score (nSPS) is 46.0. The Hall–Kier alpha value is -1.01. The van der Waals surface area contributed by atoms with E-state index in [9.17, 15) is 15.0 Å². The van der Waals surface area contributed by atoms with Crippen LogP contribution in [0.2, 0.25) is 0 Å². The quantitative estimate of drug-likeness (QED) is 0.472. The van der Waals surface area contributed by atoms with Gasteiger partial charge >= 0.3 is 0 Å². The molecule has 2 saturated carbocycles. The van der Waals surface area contributed by atoms with Crippen molar-refractivity contribution in [2.45, 2.75) is 124 Å². The summed E-state index contributed by atoms with van der Waals surface area (Å²) in [5.41, 5.74) is 1.72. The van der Waals surface area contributed by atoms with Crippen LogP contribution in [0.3, 0.4) is 0 Å². The predicted octanol–water partition coefficient (Wildman–Crippen LogP) is 5.98. The van der Waals surface area contributed by atoms with Gasteiger partial charge in [-0.15, -0.1) is 0 Å². The van der Waals surface area contributed by atoms with Gasteiger partial charge in [0.15, 0.2) is 6.29 Å². The maximum absolute atomic E-state index is 12.9. The van der Waals surface area contributed by atoms with Crippen LogP contribution in [0, 0.1) is 39.4 Å². The first-order chi connectivity index (χ1) is 17.1. The molecular formula is C32H50O5. The Morgan fingerprint density at radius 1 is 1.14 bits per heavy atom. The number of carbonyl (C=O) groups excluding carboxylic acids is 1. The molecule has 5 heteroatoms. The van der Waals surface area contributed by atoms with E-state index in [1.54, 1.807) is 13.8 Å². The van der Waals surface area contributed by atoms with Crippen LogP contribution in [0.4, 0.5) is 0 Å². The molecule has 5 rings (SSSR count). The Labute approximate surface area is 224 Å². The molecule has 37 heavy (non-hydrogen) atoms. The highest BCUT2D eigenvalue weighted by Crippen LogP contribution is 2.72. The van der Waals surface area contributed by atoms with Crippen LogP contribution < -0.4 is 0 Å². The standard InChI is InChI=1S/C32H50O5/c1-9-36-27-19(18-23(37-27)26(34)29(4,5)35)20-12-16-32(8)22-10-11-24-28(2,3)25(33)14-15-30(24,6)21(22)13-17-31(20,32)7/h10,13,19-20,23-24,26-27,34-35H,9,11-12,14-18H2,1-8H3/t19-,20-,23+,24-,26-,27-,30+,31-,32+/m0/s1. The van der Waals surface area contributed by atoms with Crippen LogP contribution in [0.5, 0.6) is 0 Å². The molecule has 1 aliphatic heterocycles. The monoisotopic (exact) mass is 514 g/mol. The zero-order valence-corrected chi connectivity index (χ0v) is 24.4. The van der Waals surface area contributed by atoms with E-state index in [1.165, 1.54) is 11.1 Å². The van der Waals surface area contributed by atoms with Crippen LogP contribution in [0.15, 0.2) is 23.3 Å². The molecular weight excluding hydrogens is 464 g/mol. The lowest BCUT2D eigenvalue weighted by molar-refractivity contribution is -0.192. The number of ether oxygens (including phenoxy) is 2. The molecule has 0 amide bonds. The molecule has 0 bridgehead atoms. The van der Waals surface area contributed by atoms with Gasteiger partial charge in [-0.3, -0.25) is 4.79 Å². The lowest BCUT2D eigenvalue weighted by atomic mass is 9.44. The Morgan fingerprint density at radius 3 is 2.49 bits per heavy atom. The zero-order chi connectivity index (χ0) is 27.2. The number of Topliss-reactive ketones (excluding diaryl/α,β-unsaturated/α-hetero) is 1. The van der Waals surface area contributed by atoms with E-state index in [-0.39, 0.29) is 33.9 Å². The molecule has 0 spiro atoms. The number of carbonyl (C=O) groups is 1. The van der Waals surface area contributed by atoms with Crippen molar-refractivity contribution in [2.24, 2.45) is 39.4 Å². The highest BCUT2D eigenvalue weighted by atomic mass is 16.7. The number of aliphatic hydroxyl groups is 2. The van der Waals surface area contributed by atoms with Gasteiger partial charge in [-0.25, -0.2) is 0 Å². The van der Waals surface area contributed by atoms with Crippen LogP contribution in [-0.4, -0.2) is 46.7 Å². The molecule has 5 nitrogen and oxygen atoms in total. The summed E-state index contributed by atoms with van der Waals surface area (Å²) in [6, 6.07) is 0. The van der Waals surface area contributed by atoms with Gasteiger partial charge in [0.05, 0.1) is 11.7 Å². The highest BCUT2D eigenvalue weighted by molar-refractivity contribution is 5.86. The lowest BCUT2D eigenvalue weighted by Crippen LogP contribution is -2.53. The molecule has 0 aromatic rings. The van der Waals surface area contributed by atoms with Crippen LogP contribution in [0.1, 0.15) is 100 Å². The number of allylic oxidation sites excluding steroid dienone is 4. The van der Waals surface area contributed by atoms with Crippen molar-refractivity contribution >= 4 is 5.78 Å². The average Bonchev–Trinajstić information content (AvgIpc) is 3.34. The fraction of sp³-hybridized carbons (Fsp3) is 0.844. The van der Waals surface area contributed by atoms with Crippen molar-refractivity contribution < 1.29 is 24.5 Å². The molecule has 2 N–H and O–H groups in total. The molecule has 5 aliphatic rings. The Morgan fingerprint density at radius 2 is 1.84 bits per heavy atom.